The van der Waals surface area contributed by atoms with Crippen LogP contribution in [0.3, 0.4) is 0 Å². The number of fused-ring (bicyclic) bond motifs is 2. The summed E-state index contributed by atoms with van der Waals surface area (Å²) < 4.78 is 6.20. The fourth-order valence-electron chi connectivity index (χ4n) is 6.90. The van der Waals surface area contributed by atoms with E-state index >= 15 is 0 Å². The number of nitrogens with zero attached hydrogens (tertiary/aromatic N) is 1. The number of pyridine rings is 1. The van der Waals surface area contributed by atoms with E-state index in [1.54, 1.807) is 0 Å². The third-order valence-corrected chi connectivity index (χ3v) is 9.18. The molecule has 1 amide bonds. The number of piperidine rings is 1. The van der Waals surface area contributed by atoms with Gasteiger partial charge in [0.2, 0.25) is 5.91 Å². The van der Waals surface area contributed by atoms with Crippen LogP contribution < -0.4 is 10.3 Å². The predicted octanol–water partition coefficient (Wildman–Crippen LogP) is 4.15. The van der Waals surface area contributed by atoms with Gasteiger partial charge in [-0.3, -0.25) is 4.79 Å². The lowest BCUT2D eigenvalue weighted by Crippen LogP contribution is -2.54. The van der Waals surface area contributed by atoms with E-state index in [0.29, 0.717) is 23.6 Å². The van der Waals surface area contributed by atoms with Crippen molar-refractivity contribution >= 4 is 17.5 Å². The molecule has 186 valence electrons. The van der Waals surface area contributed by atoms with Crippen LogP contribution in [0.15, 0.2) is 42.5 Å². The number of benzene rings is 1. The zero-order valence-electron chi connectivity index (χ0n) is 20.5. The van der Waals surface area contributed by atoms with Crippen molar-refractivity contribution < 1.29 is 14.5 Å². The maximum atomic E-state index is 14.3. The van der Waals surface area contributed by atoms with Gasteiger partial charge in [-0.15, -0.1) is 0 Å². The lowest BCUT2D eigenvalue weighted by atomic mass is 9.65. The summed E-state index contributed by atoms with van der Waals surface area (Å²) >= 11 is 6.29. The molecule has 6 rings (SSSR count). The van der Waals surface area contributed by atoms with Crippen LogP contribution >= 0.6 is 11.6 Å². The number of amides is 1. The maximum absolute atomic E-state index is 14.3. The largest absolute Gasteiger partial charge is 0.379 e. The molecule has 1 saturated carbocycles. The highest BCUT2D eigenvalue weighted by atomic mass is 35.5. The van der Waals surface area contributed by atoms with Crippen LogP contribution in [0.25, 0.3) is 0 Å². The van der Waals surface area contributed by atoms with E-state index in [9.17, 15) is 4.79 Å². The number of hydrogen-bond acceptors (Lipinski definition) is 3. The summed E-state index contributed by atoms with van der Waals surface area (Å²) in [6.45, 7) is 3.90. The Morgan fingerprint density at radius 1 is 1.14 bits per heavy atom. The fraction of sp³-hybridized carbons (Fsp3) is 0.586. The van der Waals surface area contributed by atoms with E-state index < -0.39 is 0 Å². The number of H-pyrrole nitrogens is 1. The van der Waals surface area contributed by atoms with E-state index in [4.69, 9.17) is 16.3 Å². The van der Waals surface area contributed by atoms with E-state index in [-0.39, 0.29) is 17.4 Å². The third kappa shape index (κ3) is 4.63. The van der Waals surface area contributed by atoms with Gasteiger partial charge >= 0.3 is 0 Å². The normalized spacial score (nSPS) is 30.4. The van der Waals surface area contributed by atoms with Crippen molar-refractivity contribution in [3.63, 3.8) is 0 Å². The molecule has 0 radical (unpaired) electrons. The zero-order valence-corrected chi connectivity index (χ0v) is 21.2. The molecule has 2 unspecified atom stereocenters. The summed E-state index contributed by atoms with van der Waals surface area (Å²) in [4.78, 5) is 19.9. The minimum Gasteiger partial charge on any atom is -0.379 e. The molecule has 2 N–H and O–H groups in total. The van der Waals surface area contributed by atoms with Gasteiger partial charge in [-0.25, -0.2) is 0 Å². The number of aryl methyl sites for hydroxylation is 1. The molecule has 2 aliphatic heterocycles. The average Bonchev–Trinajstić information content (AvgIpc) is 3.62. The van der Waals surface area contributed by atoms with Crippen LogP contribution in [0.4, 0.5) is 0 Å². The SMILES string of the molecule is O=C([C@@H]1CNC[C@]12CCCc1[nH+]c(Cl)ccc12)N1CCC(c2ccccc2)CC1COCC1CC1. The van der Waals surface area contributed by atoms with Gasteiger partial charge in [0.05, 0.1) is 18.6 Å². The number of ether oxygens (including phenoxy) is 1. The highest BCUT2D eigenvalue weighted by Gasteiger charge is 2.53. The molecular weight excluding hydrogens is 458 g/mol. The Morgan fingerprint density at radius 2 is 2.00 bits per heavy atom. The van der Waals surface area contributed by atoms with Crippen LogP contribution in [-0.2, 0) is 21.4 Å². The van der Waals surface area contributed by atoms with Gasteiger partial charge in [0.25, 0.3) is 5.15 Å². The van der Waals surface area contributed by atoms with Gasteiger partial charge < -0.3 is 15.0 Å². The van der Waals surface area contributed by atoms with Gasteiger partial charge in [-0.1, -0.05) is 30.3 Å². The predicted molar refractivity (Wildman–Crippen MR) is 136 cm³/mol. The topological polar surface area (TPSA) is 55.7 Å². The quantitative estimate of drug-likeness (QED) is 0.614. The van der Waals surface area contributed by atoms with Crippen molar-refractivity contribution in [1.82, 2.24) is 10.2 Å². The Balaban J connectivity index is 1.25. The lowest BCUT2D eigenvalue weighted by Gasteiger charge is -2.44. The van der Waals surface area contributed by atoms with Gasteiger partial charge in [0.15, 0.2) is 5.69 Å². The summed E-state index contributed by atoms with van der Waals surface area (Å²) in [7, 11) is 0. The molecule has 35 heavy (non-hydrogen) atoms. The first-order chi connectivity index (χ1) is 17.1. The van der Waals surface area contributed by atoms with Gasteiger partial charge in [0.1, 0.15) is 0 Å². The molecule has 6 heteroatoms. The van der Waals surface area contributed by atoms with Crippen LogP contribution in [0.2, 0.25) is 5.15 Å². The maximum Gasteiger partial charge on any atom is 0.273 e. The van der Waals surface area contributed by atoms with E-state index in [0.717, 1.165) is 64.3 Å². The highest BCUT2D eigenvalue weighted by Crippen LogP contribution is 2.46. The summed E-state index contributed by atoms with van der Waals surface area (Å²) in [5.41, 5.74) is 3.73. The number of carbonyl (C=O) groups excluding carboxylic acids is 1. The molecule has 1 aromatic carbocycles. The molecule has 4 aliphatic rings. The Kier molecular flexibility index (Phi) is 6.59. The number of rotatable bonds is 6. The Hall–Kier alpha value is -1.95. The van der Waals surface area contributed by atoms with Crippen molar-refractivity contribution in [2.75, 3.05) is 32.8 Å². The number of aromatic amines is 1. The van der Waals surface area contributed by atoms with Crippen LogP contribution in [0.1, 0.15) is 61.3 Å². The Labute approximate surface area is 213 Å². The number of aromatic nitrogens is 1. The first-order valence-electron chi connectivity index (χ1n) is 13.5. The molecule has 3 fully saturated rings. The van der Waals surface area contributed by atoms with Gasteiger partial charge in [-0.2, -0.15) is 4.98 Å². The first-order valence-corrected chi connectivity index (χ1v) is 13.9. The molecular formula is C29H37ClN3O2+. The smallest absolute Gasteiger partial charge is 0.273 e. The molecule has 4 atom stereocenters. The molecule has 0 bridgehead atoms. The number of likely N-dealkylation sites (tertiary alicyclic amines) is 1. The molecule has 1 aromatic heterocycles. The summed E-state index contributed by atoms with van der Waals surface area (Å²) in [6, 6.07) is 15.1. The molecule has 2 saturated heterocycles. The molecule has 2 aromatic rings. The number of carbonyl (C=O) groups is 1. The minimum absolute atomic E-state index is 0.0460. The van der Waals surface area contributed by atoms with Crippen molar-refractivity contribution in [2.24, 2.45) is 11.8 Å². The summed E-state index contributed by atoms with van der Waals surface area (Å²) in [5.74, 6) is 1.48. The van der Waals surface area contributed by atoms with E-state index in [1.807, 2.05) is 6.07 Å². The molecule has 5 nitrogen and oxygen atoms in total. The van der Waals surface area contributed by atoms with Crippen molar-refractivity contribution in [2.45, 2.75) is 62.3 Å². The van der Waals surface area contributed by atoms with E-state index in [2.05, 4.69) is 51.6 Å². The number of nitrogens with one attached hydrogen (secondary N) is 2. The fourth-order valence-corrected chi connectivity index (χ4v) is 7.08. The number of halogens is 1. The third-order valence-electron chi connectivity index (χ3n) is 8.96. The molecule has 3 heterocycles. The second kappa shape index (κ2) is 9.84. The van der Waals surface area contributed by atoms with Gasteiger partial charge in [0, 0.05) is 49.7 Å². The van der Waals surface area contributed by atoms with Crippen molar-refractivity contribution in [1.29, 1.82) is 0 Å². The second-order valence-corrected chi connectivity index (χ2v) is 11.6. The van der Waals surface area contributed by atoms with Crippen LogP contribution in [0, 0.1) is 11.8 Å². The highest BCUT2D eigenvalue weighted by molar-refractivity contribution is 6.28. The zero-order chi connectivity index (χ0) is 23.8. The monoisotopic (exact) mass is 494 g/mol. The summed E-state index contributed by atoms with van der Waals surface area (Å²) in [5, 5.41) is 4.27. The lowest BCUT2D eigenvalue weighted by molar-refractivity contribution is -0.390. The Morgan fingerprint density at radius 3 is 2.83 bits per heavy atom. The Bertz CT molecular complexity index is 1060. The summed E-state index contributed by atoms with van der Waals surface area (Å²) in [6.07, 6.45) is 7.70. The molecule has 1 spiro atoms. The van der Waals surface area contributed by atoms with E-state index in [1.165, 1.54) is 29.7 Å². The first kappa shape index (κ1) is 23.4. The van der Waals surface area contributed by atoms with Gasteiger partial charge in [-0.05, 0) is 73.6 Å². The van der Waals surface area contributed by atoms with Crippen molar-refractivity contribution in [3.8, 4) is 0 Å². The standard InChI is InChI=1S/C29H36ClN3O2/c30-27-11-10-24-26(32-27)7-4-13-29(24)19-31-16-25(29)28(34)33-14-12-22(21-5-2-1-3-6-21)15-23(33)18-35-17-20-8-9-20/h1-3,5-6,10-11,20,22-23,25,31H,4,7-9,12-19H2/p+1/t22?,23?,25-,29-/m0/s1. The van der Waals surface area contributed by atoms with Crippen LogP contribution in [-0.4, -0.2) is 49.7 Å². The second-order valence-electron chi connectivity index (χ2n) is 11.2. The minimum atomic E-state index is -0.151. The molecule has 2 aliphatic carbocycles. The average molecular weight is 495 g/mol. The van der Waals surface area contributed by atoms with Crippen molar-refractivity contribution in [3.05, 3.63) is 64.4 Å². The number of hydrogen-bond donors (Lipinski definition) is 1. The van der Waals surface area contributed by atoms with Crippen LogP contribution in [0.5, 0.6) is 0 Å².